The van der Waals surface area contributed by atoms with E-state index in [2.05, 4.69) is 5.10 Å². The predicted octanol–water partition coefficient (Wildman–Crippen LogP) is 2.63. The molecule has 2 aromatic rings. The summed E-state index contributed by atoms with van der Waals surface area (Å²) in [4.78, 5) is 0. The third kappa shape index (κ3) is 1.37. The molecule has 3 nitrogen and oxygen atoms in total. The number of hydrogen-bond donors (Lipinski definition) is 0. The number of nitrogens with zero attached hydrogens (tertiary/aromatic N) is 3. The second-order valence-electron chi connectivity index (χ2n) is 3.63. The van der Waals surface area contributed by atoms with Gasteiger partial charge in [-0.05, 0) is 26.0 Å². The number of hydrogen-bond acceptors (Lipinski definition) is 2. The molecule has 2 rings (SSSR count). The maximum Gasteiger partial charge on any atom is 0.149 e. The molecule has 15 heavy (non-hydrogen) atoms. The Morgan fingerprint density at radius 2 is 2.20 bits per heavy atom. The Morgan fingerprint density at radius 3 is 2.80 bits per heavy atom. The molecule has 76 valence electrons. The highest BCUT2D eigenvalue weighted by Gasteiger charge is 2.15. The molecule has 0 radical (unpaired) electrons. The van der Waals surface area contributed by atoms with Gasteiger partial charge in [-0.2, -0.15) is 10.4 Å². The van der Waals surface area contributed by atoms with E-state index < -0.39 is 5.82 Å². The molecule has 0 fully saturated rings. The lowest BCUT2D eigenvalue weighted by Gasteiger charge is -2.05. The first-order chi connectivity index (χ1) is 7.15. The van der Waals surface area contributed by atoms with Crippen molar-refractivity contribution in [2.24, 2.45) is 0 Å². The first-order valence-electron chi connectivity index (χ1n) is 4.72. The Bertz CT molecular complexity index is 549. The standard InChI is InChI=1S/C11H10FN3/c1-7(2)15-10(6-13)11-8(12)4-3-5-9(11)14-15/h3-5,7H,1-2H3. The van der Waals surface area contributed by atoms with Gasteiger partial charge in [-0.15, -0.1) is 0 Å². The molecular weight excluding hydrogens is 193 g/mol. The van der Waals surface area contributed by atoms with Crippen molar-refractivity contribution in [2.45, 2.75) is 19.9 Å². The molecule has 0 aliphatic carbocycles. The van der Waals surface area contributed by atoms with Crippen LogP contribution in [0.1, 0.15) is 25.6 Å². The summed E-state index contributed by atoms with van der Waals surface area (Å²) in [5, 5.41) is 13.5. The van der Waals surface area contributed by atoms with Crippen LogP contribution in [-0.2, 0) is 0 Å². The Balaban J connectivity index is 2.88. The summed E-state index contributed by atoms with van der Waals surface area (Å²) in [5.41, 5.74) is 0.818. The first kappa shape index (κ1) is 9.66. The summed E-state index contributed by atoms with van der Waals surface area (Å²) in [7, 11) is 0. The van der Waals surface area contributed by atoms with Crippen LogP contribution < -0.4 is 0 Å². The topological polar surface area (TPSA) is 41.6 Å². The van der Waals surface area contributed by atoms with Crippen molar-refractivity contribution in [3.8, 4) is 6.07 Å². The minimum absolute atomic E-state index is 0.0476. The molecule has 0 N–H and O–H groups in total. The summed E-state index contributed by atoms with van der Waals surface area (Å²) < 4.78 is 15.1. The normalized spacial score (nSPS) is 10.9. The molecule has 0 saturated heterocycles. The van der Waals surface area contributed by atoms with E-state index in [-0.39, 0.29) is 11.7 Å². The fraction of sp³-hybridized carbons (Fsp3) is 0.273. The predicted molar refractivity (Wildman–Crippen MR) is 54.8 cm³/mol. The largest absolute Gasteiger partial charge is 0.251 e. The average Bonchev–Trinajstić information content (AvgIpc) is 2.57. The van der Waals surface area contributed by atoms with Gasteiger partial charge >= 0.3 is 0 Å². The van der Waals surface area contributed by atoms with E-state index in [1.165, 1.54) is 6.07 Å². The third-order valence-corrected chi connectivity index (χ3v) is 2.27. The molecule has 0 spiro atoms. The Hall–Kier alpha value is -1.89. The highest BCUT2D eigenvalue weighted by atomic mass is 19.1. The SMILES string of the molecule is CC(C)n1nc2cccc(F)c2c1C#N. The Morgan fingerprint density at radius 1 is 1.47 bits per heavy atom. The Kier molecular flexibility index (Phi) is 2.16. The second-order valence-corrected chi connectivity index (χ2v) is 3.63. The summed E-state index contributed by atoms with van der Waals surface area (Å²) in [6.07, 6.45) is 0. The fourth-order valence-electron chi connectivity index (χ4n) is 1.59. The number of rotatable bonds is 1. The smallest absolute Gasteiger partial charge is 0.149 e. The van der Waals surface area contributed by atoms with Crippen LogP contribution in [0.2, 0.25) is 0 Å². The Labute approximate surface area is 86.7 Å². The average molecular weight is 203 g/mol. The summed E-state index contributed by atoms with van der Waals surface area (Å²) in [6.45, 7) is 3.81. The summed E-state index contributed by atoms with van der Waals surface area (Å²) in [5.74, 6) is -0.393. The van der Waals surface area contributed by atoms with Crippen LogP contribution in [0.25, 0.3) is 10.9 Å². The van der Waals surface area contributed by atoms with E-state index in [1.54, 1.807) is 16.8 Å². The summed E-state index contributed by atoms with van der Waals surface area (Å²) >= 11 is 0. The summed E-state index contributed by atoms with van der Waals surface area (Å²) in [6, 6.07) is 6.69. The molecule has 0 bridgehead atoms. The zero-order valence-electron chi connectivity index (χ0n) is 8.53. The van der Waals surface area contributed by atoms with Crippen LogP contribution in [0.15, 0.2) is 18.2 Å². The van der Waals surface area contributed by atoms with Gasteiger partial charge in [0.15, 0.2) is 0 Å². The molecule has 0 amide bonds. The van der Waals surface area contributed by atoms with Gasteiger partial charge in [-0.25, -0.2) is 4.39 Å². The van der Waals surface area contributed by atoms with Crippen LogP contribution >= 0.6 is 0 Å². The zero-order chi connectivity index (χ0) is 11.0. The molecule has 0 saturated carbocycles. The number of benzene rings is 1. The quantitative estimate of drug-likeness (QED) is 0.714. The van der Waals surface area contributed by atoms with Crippen LogP contribution in [0, 0.1) is 17.1 Å². The van der Waals surface area contributed by atoms with Gasteiger partial charge in [0, 0.05) is 6.04 Å². The minimum Gasteiger partial charge on any atom is -0.251 e. The molecule has 0 atom stereocenters. The first-order valence-corrected chi connectivity index (χ1v) is 4.72. The molecule has 1 aromatic heterocycles. The highest BCUT2D eigenvalue weighted by Crippen LogP contribution is 2.23. The van der Waals surface area contributed by atoms with Crippen molar-refractivity contribution in [1.82, 2.24) is 9.78 Å². The van der Waals surface area contributed by atoms with Gasteiger partial charge in [-0.3, -0.25) is 4.68 Å². The van der Waals surface area contributed by atoms with Gasteiger partial charge in [0.05, 0.1) is 10.9 Å². The van der Waals surface area contributed by atoms with Crippen molar-refractivity contribution in [2.75, 3.05) is 0 Å². The maximum atomic E-state index is 13.5. The van der Waals surface area contributed by atoms with Crippen molar-refractivity contribution in [3.05, 3.63) is 29.7 Å². The van der Waals surface area contributed by atoms with E-state index >= 15 is 0 Å². The van der Waals surface area contributed by atoms with Crippen LogP contribution in [0.3, 0.4) is 0 Å². The van der Waals surface area contributed by atoms with Gasteiger partial charge in [-0.1, -0.05) is 6.07 Å². The van der Waals surface area contributed by atoms with Crippen molar-refractivity contribution in [3.63, 3.8) is 0 Å². The molecule has 4 heteroatoms. The van der Waals surface area contributed by atoms with Crippen LogP contribution in [-0.4, -0.2) is 9.78 Å². The zero-order valence-corrected chi connectivity index (χ0v) is 8.53. The lowest BCUT2D eigenvalue weighted by Crippen LogP contribution is -2.05. The van der Waals surface area contributed by atoms with Crippen molar-refractivity contribution in [1.29, 1.82) is 5.26 Å². The lowest BCUT2D eigenvalue weighted by atomic mass is 10.2. The van der Waals surface area contributed by atoms with Gasteiger partial charge in [0.2, 0.25) is 0 Å². The van der Waals surface area contributed by atoms with Gasteiger partial charge in [0.1, 0.15) is 17.6 Å². The number of nitriles is 1. The van der Waals surface area contributed by atoms with E-state index in [4.69, 9.17) is 5.26 Å². The van der Waals surface area contributed by atoms with Gasteiger partial charge < -0.3 is 0 Å². The molecule has 0 aliphatic heterocycles. The third-order valence-electron chi connectivity index (χ3n) is 2.27. The monoisotopic (exact) mass is 203 g/mol. The van der Waals surface area contributed by atoms with E-state index in [0.717, 1.165) is 0 Å². The number of fused-ring (bicyclic) bond motifs is 1. The van der Waals surface area contributed by atoms with Crippen molar-refractivity contribution >= 4 is 10.9 Å². The lowest BCUT2D eigenvalue weighted by molar-refractivity contribution is 0.531. The van der Waals surface area contributed by atoms with Gasteiger partial charge in [0.25, 0.3) is 0 Å². The second kappa shape index (κ2) is 3.35. The molecule has 1 aromatic carbocycles. The van der Waals surface area contributed by atoms with E-state index in [9.17, 15) is 4.39 Å². The molecule has 0 aliphatic rings. The fourth-order valence-corrected chi connectivity index (χ4v) is 1.59. The highest BCUT2D eigenvalue weighted by molar-refractivity contribution is 5.84. The maximum absolute atomic E-state index is 13.5. The van der Waals surface area contributed by atoms with E-state index in [1.807, 2.05) is 19.9 Å². The number of aromatic nitrogens is 2. The minimum atomic E-state index is -0.393. The molecular formula is C11H10FN3. The van der Waals surface area contributed by atoms with E-state index in [0.29, 0.717) is 10.9 Å². The molecule has 0 unspecified atom stereocenters. The van der Waals surface area contributed by atoms with Crippen LogP contribution in [0.5, 0.6) is 0 Å². The van der Waals surface area contributed by atoms with Crippen LogP contribution in [0.4, 0.5) is 4.39 Å². The number of halogens is 1. The molecule has 1 heterocycles. The van der Waals surface area contributed by atoms with Crippen molar-refractivity contribution < 1.29 is 4.39 Å².